The van der Waals surface area contributed by atoms with E-state index in [1.165, 1.54) is 11.8 Å². The van der Waals surface area contributed by atoms with E-state index in [-0.39, 0.29) is 5.95 Å². The zero-order valence-corrected chi connectivity index (χ0v) is 18.1. The van der Waals surface area contributed by atoms with Gasteiger partial charge in [0, 0.05) is 27.2 Å². The lowest BCUT2D eigenvalue weighted by molar-refractivity contribution is 0.122. The van der Waals surface area contributed by atoms with E-state index in [0.717, 1.165) is 35.4 Å². The molecule has 1 aliphatic heterocycles. The van der Waals surface area contributed by atoms with E-state index in [9.17, 15) is 0 Å². The molecule has 0 radical (unpaired) electrons. The van der Waals surface area contributed by atoms with Gasteiger partial charge in [0.25, 0.3) is 0 Å². The van der Waals surface area contributed by atoms with Crippen LogP contribution in [0.1, 0.15) is 11.4 Å². The van der Waals surface area contributed by atoms with Crippen LogP contribution < -0.4 is 15.5 Å². The summed E-state index contributed by atoms with van der Waals surface area (Å²) < 4.78 is 7.60. The SMILES string of the molecule is Cc1ccccc1-n1c(SCc2nc(N)nc(N(C)C)n2)nnc1N1CCOCC1. The lowest BCUT2D eigenvalue weighted by Gasteiger charge is -2.28. The summed E-state index contributed by atoms with van der Waals surface area (Å²) in [7, 11) is 3.74. The van der Waals surface area contributed by atoms with Gasteiger partial charge in [-0.2, -0.15) is 15.0 Å². The van der Waals surface area contributed by atoms with Gasteiger partial charge in [0.2, 0.25) is 17.8 Å². The van der Waals surface area contributed by atoms with E-state index < -0.39 is 0 Å². The molecule has 0 spiro atoms. The minimum Gasteiger partial charge on any atom is -0.378 e. The van der Waals surface area contributed by atoms with Crippen molar-refractivity contribution in [2.45, 2.75) is 17.8 Å². The number of hydrogen-bond donors (Lipinski definition) is 1. The summed E-state index contributed by atoms with van der Waals surface area (Å²) in [5, 5.41) is 9.77. The van der Waals surface area contributed by atoms with Gasteiger partial charge < -0.3 is 20.3 Å². The van der Waals surface area contributed by atoms with Crippen molar-refractivity contribution >= 4 is 29.6 Å². The highest BCUT2D eigenvalue weighted by Crippen LogP contribution is 2.30. The third-order valence-electron chi connectivity index (χ3n) is 4.68. The summed E-state index contributed by atoms with van der Waals surface area (Å²) in [5.74, 6) is 2.66. The standard InChI is InChI=1S/C19H25N9OS/c1-13-6-4-5-7-14(13)28-18(27-8-10-29-11-9-27)24-25-19(28)30-12-15-21-16(20)23-17(22-15)26(2)3/h4-7H,8-12H2,1-3H3,(H2,20,21,22,23). The zero-order chi connectivity index (χ0) is 21.1. The number of hydrogen-bond acceptors (Lipinski definition) is 10. The van der Waals surface area contributed by atoms with Crippen LogP contribution in [0.3, 0.4) is 0 Å². The topological polar surface area (TPSA) is 111 Å². The first kappa shape index (κ1) is 20.4. The second-order valence-electron chi connectivity index (χ2n) is 7.10. The second kappa shape index (κ2) is 8.84. The molecule has 158 valence electrons. The van der Waals surface area contributed by atoms with E-state index in [4.69, 9.17) is 10.5 Å². The van der Waals surface area contributed by atoms with Gasteiger partial charge in [-0.15, -0.1) is 10.2 Å². The molecule has 0 saturated carbocycles. The fraction of sp³-hybridized carbons (Fsp3) is 0.421. The summed E-state index contributed by atoms with van der Waals surface area (Å²) >= 11 is 1.52. The Balaban J connectivity index is 1.67. The molecule has 11 heteroatoms. The molecule has 2 aromatic heterocycles. The van der Waals surface area contributed by atoms with E-state index in [0.29, 0.717) is 30.7 Å². The molecule has 3 heterocycles. The molecule has 0 unspecified atom stereocenters. The number of rotatable bonds is 6. The average Bonchev–Trinajstić information content (AvgIpc) is 3.16. The number of anilines is 3. The molecule has 1 aliphatic rings. The zero-order valence-electron chi connectivity index (χ0n) is 17.3. The molecule has 0 atom stereocenters. The van der Waals surface area contributed by atoms with Crippen LogP contribution in [0.25, 0.3) is 5.69 Å². The number of nitrogens with zero attached hydrogens (tertiary/aromatic N) is 8. The van der Waals surface area contributed by atoms with Crippen molar-refractivity contribution in [3.05, 3.63) is 35.7 Å². The van der Waals surface area contributed by atoms with Crippen LogP contribution in [0.15, 0.2) is 29.4 Å². The molecular weight excluding hydrogens is 402 g/mol. The number of nitrogen functional groups attached to an aromatic ring is 1. The Labute approximate surface area is 179 Å². The van der Waals surface area contributed by atoms with Crippen LogP contribution >= 0.6 is 11.8 Å². The maximum Gasteiger partial charge on any atom is 0.232 e. The minimum atomic E-state index is 0.207. The van der Waals surface area contributed by atoms with Crippen LogP contribution in [0.2, 0.25) is 0 Å². The van der Waals surface area contributed by atoms with E-state index in [2.05, 4.69) is 53.7 Å². The monoisotopic (exact) mass is 427 g/mol. The van der Waals surface area contributed by atoms with Crippen molar-refractivity contribution in [1.29, 1.82) is 0 Å². The molecule has 0 amide bonds. The predicted molar refractivity (Wildman–Crippen MR) is 117 cm³/mol. The molecule has 4 rings (SSSR count). The van der Waals surface area contributed by atoms with Crippen LogP contribution in [-0.4, -0.2) is 70.1 Å². The lowest BCUT2D eigenvalue weighted by Crippen LogP contribution is -2.38. The number of ether oxygens (including phenoxy) is 1. The van der Waals surface area contributed by atoms with Gasteiger partial charge in [-0.05, 0) is 18.6 Å². The molecule has 1 fully saturated rings. The highest BCUT2D eigenvalue weighted by Gasteiger charge is 2.23. The van der Waals surface area contributed by atoms with Crippen molar-refractivity contribution in [3.8, 4) is 5.69 Å². The molecule has 30 heavy (non-hydrogen) atoms. The molecular formula is C19H25N9OS. The number of aryl methyl sites for hydroxylation is 1. The molecule has 0 bridgehead atoms. The van der Waals surface area contributed by atoms with Crippen molar-refractivity contribution in [3.63, 3.8) is 0 Å². The van der Waals surface area contributed by atoms with Gasteiger partial charge in [0.15, 0.2) is 5.16 Å². The summed E-state index contributed by atoms with van der Waals surface area (Å²) in [6.45, 7) is 5.01. The van der Waals surface area contributed by atoms with Crippen LogP contribution in [0.4, 0.5) is 17.8 Å². The Hall–Kier alpha value is -2.92. The van der Waals surface area contributed by atoms with Gasteiger partial charge in [-0.3, -0.25) is 4.57 Å². The molecule has 1 aromatic carbocycles. The number of morpholine rings is 1. The van der Waals surface area contributed by atoms with E-state index in [1.807, 2.05) is 26.2 Å². The average molecular weight is 428 g/mol. The predicted octanol–water partition coefficient (Wildman–Crippen LogP) is 1.54. The number of benzene rings is 1. The summed E-state index contributed by atoms with van der Waals surface area (Å²) in [6, 6.07) is 8.22. The fourth-order valence-electron chi connectivity index (χ4n) is 3.17. The molecule has 2 N–H and O–H groups in total. The number of thioether (sulfide) groups is 1. The third kappa shape index (κ3) is 4.31. The highest BCUT2D eigenvalue weighted by atomic mass is 32.2. The second-order valence-corrected chi connectivity index (χ2v) is 8.04. The molecule has 1 saturated heterocycles. The van der Waals surface area contributed by atoms with E-state index >= 15 is 0 Å². The number of para-hydroxylation sites is 1. The number of nitrogens with two attached hydrogens (primary N) is 1. The molecule has 3 aromatic rings. The van der Waals surface area contributed by atoms with Gasteiger partial charge in [-0.25, -0.2) is 0 Å². The molecule has 10 nitrogen and oxygen atoms in total. The van der Waals surface area contributed by atoms with Crippen molar-refractivity contribution in [2.75, 3.05) is 55.9 Å². The lowest BCUT2D eigenvalue weighted by atomic mass is 10.2. The maximum absolute atomic E-state index is 5.86. The Morgan fingerprint density at radius 1 is 1.10 bits per heavy atom. The largest absolute Gasteiger partial charge is 0.378 e. The van der Waals surface area contributed by atoms with Crippen molar-refractivity contribution < 1.29 is 4.74 Å². The first-order valence-corrected chi connectivity index (χ1v) is 10.7. The van der Waals surface area contributed by atoms with Crippen LogP contribution in [0.5, 0.6) is 0 Å². The summed E-state index contributed by atoms with van der Waals surface area (Å²) in [6.07, 6.45) is 0. The third-order valence-corrected chi connectivity index (χ3v) is 5.61. The highest BCUT2D eigenvalue weighted by molar-refractivity contribution is 7.98. The fourth-order valence-corrected chi connectivity index (χ4v) is 3.96. The van der Waals surface area contributed by atoms with E-state index in [1.54, 1.807) is 4.90 Å². The van der Waals surface area contributed by atoms with Gasteiger partial charge >= 0.3 is 0 Å². The quantitative estimate of drug-likeness (QED) is 0.581. The minimum absolute atomic E-state index is 0.207. The summed E-state index contributed by atoms with van der Waals surface area (Å²) in [5.41, 5.74) is 8.06. The first-order valence-electron chi connectivity index (χ1n) is 9.67. The normalized spacial score (nSPS) is 14.2. The van der Waals surface area contributed by atoms with Gasteiger partial charge in [-0.1, -0.05) is 30.0 Å². The number of aromatic nitrogens is 6. The van der Waals surface area contributed by atoms with Gasteiger partial charge in [0.1, 0.15) is 5.82 Å². The first-order chi connectivity index (χ1) is 14.5. The Kier molecular flexibility index (Phi) is 6.00. The van der Waals surface area contributed by atoms with Crippen molar-refractivity contribution in [1.82, 2.24) is 29.7 Å². The summed E-state index contributed by atoms with van der Waals surface area (Å²) in [4.78, 5) is 16.9. The smallest absolute Gasteiger partial charge is 0.232 e. The van der Waals surface area contributed by atoms with Gasteiger partial charge in [0.05, 0.1) is 24.7 Å². The maximum atomic E-state index is 5.86. The van der Waals surface area contributed by atoms with Crippen LogP contribution in [-0.2, 0) is 10.5 Å². The van der Waals surface area contributed by atoms with Crippen LogP contribution in [0, 0.1) is 6.92 Å². The van der Waals surface area contributed by atoms with Crippen molar-refractivity contribution in [2.24, 2.45) is 0 Å². The Morgan fingerprint density at radius 2 is 1.87 bits per heavy atom. The molecule has 0 aliphatic carbocycles. The Morgan fingerprint density at radius 3 is 2.60 bits per heavy atom. The Bertz CT molecular complexity index is 1020.